The summed E-state index contributed by atoms with van der Waals surface area (Å²) in [6, 6.07) is 11.7. The average Bonchev–Trinajstić information content (AvgIpc) is 3.11. The molecule has 3 aromatic rings. The smallest absolute Gasteiger partial charge is 0.306 e. The lowest BCUT2D eigenvalue weighted by Gasteiger charge is -2.36. The maximum absolute atomic E-state index is 13.8. The van der Waals surface area contributed by atoms with E-state index >= 15 is 0 Å². The predicted octanol–water partition coefficient (Wildman–Crippen LogP) is 4.32. The number of hydrogen-bond acceptors (Lipinski definition) is 4. The van der Waals surface area contributed by atoms with Crippen LogP contribution in [-0.4, -0.2) is 46.8 Å². The van der Waals surface area contributed by atoms with Crippen LogP contribution in [0.1, 0.15) is 45.2 Å². The van der Waals surface area contributed by atoms with Gasteiger partial charge in [0.05, 0.1) is 11.3 Å². The van der Waals surface area contributed by atoms with Gasteiger partial charge in [-0.25, -0.2) is 4.68 Å². The average molecular weight is 483 g/mol. The van der Waals surface area contributed by atoms with Crippen LogP contribution in [0.2, 0.25) is 0 Å². The van der Waals surface area contributed by atoms with Gasteiger partial charge in [-0.3, -0.25) is 9.59 Å². The molecular weight excluding hydrogens is 457 g/mol. The van der Waals surface area contributed by atoms with Crippen LogP contribution in [0, 0.1) is 13.8 Å². The number of anilines is 1. The number of carbonyl (C=O) groups is 1. The van der Waals surface area contributed by atoms with Gasteiger partial charge in [-0.05, 0) is 63.7 Å². The number of likely N-dealkylation sites (N-methyl/N-ethyl adjacent to an activating group) is 1. The highest BCUT2D eigenvalue weighted by atomic mass is 19.4. The van der Waals surface area contributed by atoms with E-state index in [2.05, 4.69) is 16.1 Å². The normalized spacial score (nSPS) is 20.0. The molecule has 0 saturated carbocycles. The number of benzene rings is 2. The molecular formula is C26H25F3N4O2. The van der Waals surface area contributed by atoms with Crippen LogP contribution in [0.25, 0.3) is 5.69 Å². The van der Waals surface area contributed by atoms with E-state index in [4.69, 9.17) is 0 Å². The summed E-state index contributed by atoms with van der Waals surface area (Å²) in [6.45, 7) is 5.18. The Labute approximate surface area is 200 Å². The van der Waals surface area contributed by atoms with E-state index in [0.29, 0.717) is 5.69 Å². The number of carbonyl (C=O) groups excluding carboxylic acids is 1. The Morgan fingerprint density at radius 3 is 2.60 bits per heavy atom. The molecule has 6 nitrogen and oxygen atoms in total. The van der Waals surface area contributed by atoms with Crippen molar-refractivity contribution < 1.29 is 18.0 Å². The van der Waals surface area contributed by atoms with Crippen molar-refractivity contribution in [3.63, 3.8) is 0 Å². The molecule has 0 spiro atoms. The number of likely N-dealkylation sites (tertiary alicyclic amines) is 1. The zero-order chi connectivity index (χ0) is 25.1. The van der Waals surface area contributed by atoms with E-state index in [1.807, 2.05) is 26.1 Å². The second-order valence-corrected chi connectivity index (χ2v) is 9.42. The third-order valence-electron chi connectivity index (χ3n) is 6.90. The Balaban J connectivity index is 1.60. The lowest BCUT2D eigenvalue weighted by molar-refractivity contribution is -0.137. The number of hydrogen-bond donors (Lipinski definition) is 0. The first kappa shape index (κ1) is 23.3. The molecule has 0 bridgehead atoms. The van der Waals surface area contributed by atoms with Crippen LogP contribution < -0.4 is 10.3 Å². The molecule has 1 amide bonds. The van der Waals surface area contributed by atoms with E-state index in [-0.39, 0.29) is 23.3 Å². The van der Waals surface area contributed by atoms with Crippen molar-refractivity contribution in [3.8, 4) is 5.69 Å². The first-order valence-electron chi connectivity index (χ1n) is 11.5. The maximum atomic E-state index is 13.8. The molecule has 0 N–H and O–H groups in total. The van der Waals surface area contributed by atoms with Crippen LogP contribution in [0.15, 0.2) is 53.3 Å². The van der Waals surface area contributed by atoms with Crippen molar-refractivity contribution in [3.05, 3.63) is 86.8 Å². The number of amides is 1. The van der Waals surface area contributed by atoms with Crippen molar-refractivity contribution in [1.82, 2.24) is 14.7 Å². The van der Waals surface area contributed by atoms with Gasteiger partial charge in [0.1, 0.15) is 0 Å². The molecule has 2 aliphatic rings. The van der Waals surface area contributed by atoms with Gasteiger partial charge in [0.25, 0.3) is 5.91 Å². The van der Waals surface area contributed by atoms with Crippen LogP contribution in [-0.2, 0) is 6.18 Å². The maximum Gasteiger partial charge on any atom is 0.416 e. The minimum absolute atomic E-state index is 0.111. The van der Waals surface area contributed by atoms with Crippen LogP contribution in [0.5, 0.6) is 0 Å². The van der Waals surface area contributed by atoms with Crippen molar-refractivity contribution in [2.24, 2.45) is 0 Å². The van der Waals surface area contributed by atoms with Crippen molar-refractivity contribution in [2.45, 2.75) is 38.4 Å². The van der Waals surface area contributed by atoms with Gasteiger partial charge in [0.2, 0.25) is 5.43 Å². The molecule has 2 aliphatic heterocycles. The number of rotatable bonds is 2. The summed E-state index contributed by atoms with van der Waals surface area (Å²) >= 11 is 0. The highest BCUT2D eigenvalue weighted by Crippen LogP contribution is 2.45. The van der Waals surface area contributed by atoms with Gasteiger partial charge < -0.3 is 9.80 Å². The zero-order valence-electron chi connectivity index (χ0n) is 19.6. The fourth-order valence-electron chi connectivity index (χ4n) is 5.23. The van der Waals surface area contributed by atoms with Gasteiger partial charge in [0, 0.05) is 36.0 Å². The molecule has 2 atom stereocenters. The van der Waals surface area contributed by atoms with E-state index in [1.54, 1.807) is 11.8 Å². The molecule has 35 heavy (non-hydrogen) atoms. The minimum Gasteiger partial charge on any atom is -0.306 e. The summed E-state index contributed by atoms with van der Waals surface area (Å²) in [6.07, 6.45) is -3.78. The molecule has 1 fully saturated rings. The van der Waals surface area contributed by atoms with Crippen molar-refractivity contribution in [2.75, 3.05) is 25.0 Å². The van der Waals surface area contributed by atoms with Crippen LogP contribution in [0.4, 0.5) is 18.9 Å². The highest BCUT2D eigenvalue weighted by Gasteiger charge is 2.45. The van der Waals surface area contributed by atoms with Crippen LogP contribution >= 0.6 is 0 Å². The number of halogens is 3. The summed E-state index contributed by atoms with van der Waals surface area (Å²) in [5.74, 6) is -0.415. The third-order valence-corrected chi connectivity index (χ3v) is 6.90. The van der Waals surface area contributed by atoms with E-state index in [1.165, 1.54) is 22.9 Å². The fraction of sp³-hybridized carbons (Fsp3) is 0.346. The van der Waals surface area contributed by atoms with Gasteiger partial charge in [-0.2, -0.15) is 18.3 Å². The molecule has 3 heterocycles. The number of piperidine rings is 1. The second kappa shape index (κ2) is 8.34. The standard InChI is InChI=1S/C26H25F3N4O2/c1-15-7-8-21-19(11-15)20-14-31(3)10-9-22(20)32(21)25(35)24-23(34)12-16(2)33(30-24)18-6-4-5-17(13-18)26(27,28)29/h4-8,11-13,20,22H,9-10,14H2,1-3H3/t20-,22+/m1/s1. The molecule has 9 heteroatoms. The largest absolute Gasteiger partial charge is 0.416 e. The number of aryl methyl sites for hydroxylation is 2. The SMILES string of the molecule is Cc1ccc2c(c1)[C@H]1CN(C)CC[C@@H]1N2C(=O)c1nn(-c2cccc(C(F)(F)F)c2)c(C)cc1=O. The number of alkyl halides is 3. The monoisotopic (exact) mass is 482 g/mol. The first-order valence-corrected chi connectivity index (χ1v) is 11.5. The Kier molecular flexibility index (Phi) is 5.55. The van der Waals surface area contributed by atoms with Gasteiger partial charge in [-0.15, -0.1) is 0 Å². The number of nitrogens with zero attached hydrogens (tertiary/aromatic N) is 4. The van der Waals surface area contributed by atoms with Crippen molar-refractivity contribution in [1.29, 1.82) is 0 Å². The summed E-state index contributed by atoms with van der Waals surface area (Å²) < 4.78 is 41.0. The highest BCUT2D eigenvalue weighted by molar-refractivity contribution is 6.06. The molecule has 182 valence electrons. The summed E-state index contributed by atoms with van der Waals surface area (Å²) in [5.41, 5.74) is 1.69. The van der Waals surface area contributed by atoms with E-state index in [9.17, 15) is 22.8 Å². The molecule has 0 unspecified atom stereocenters. The van der Waals surface area contributed by atoms with Gasteiger partial charge in [0.15, 0.2) is 5.69 Å². The third kappa shape index (κ3) is 4.03. The molecule has 0 radical (unpaired) electrons. The fourth-order valence-corrected chi connectivity index (χ4v) is 5.23. The lowest BCUT2D eigenvalue weighted by atomic mass is 9.89. The molecule has 1 saturated heterocycles. The Morgan fingerprint density at radius 2 is 1.86 bits per heavy atom. The van der Waals surface area contributed by atoms with Gasteiger partial charge in [-0.1, -0.05) is 23.8 Å². The van der Waals surface area contributed by atoms with Gasteiger partial charge >= 0.3 is 6.18 Å². The molecule has 0 aliphatic carbocycles. The second-order valence-electron chi connectivity index (χ2n) is 9.42. The summed E-state index contributed by atoms with van der Waals surface area (Å²) in [4.78, 5) is 30.6. The Hall–Kier alpha value is -3.46. The Morgan fingerprint density at radius 1 is 1.09 bits per heavy atom. The van der Waals surface area contributed by atoms with Crippen molar-refractivity contribution >= 4 is 11.6 Å². The van der Waals surface area contributed by atoms with E-state index in [0.717, 1.165) is 48.5 Å². The zero-order valence-corrected chi connectivity index (χ0v) is 19.6. The minimum atomic E-state index is -4.53. The Bertz CT molecular complexity index is 1380. The summed E-state index contributed by atoms with van der Waals surface area (Å²) in [5, 5.41) is 4.29. The topological polar surface area (TPSA) is 58.4 Å². The number of fused-ring (bicyclic) bond motifs is 3. The summed E-state index contributed by atoms with van der Waals surface area (Å²) in [7, 11) is 2.05. The number of aromatic nitrogens is 2. The quantitative estimate of drug-likeness (QED) is 0.546. The molecule has 2 aromatic carbocycles. The predicted molar refractivity (Wildman–Crippen MR) is 126 cm³/mol. The molecule has 1 aromatic heterocycles. The van der Waals surface area contributed by atoms with E-state index < -0.39 is 23.1 Å². The first-order chi connectivity index (χ1) is 16.5. The van der Waals surface area contributed by atoms with Crippen LogP contribution in [0.3, 0.4) is 0 Å². The molecule has 5 rings (SSSR count). The lowest BCUT2D eigenvalue weighted by Crippen LogP contribution is -2.48.